The number of nitrogen functional groups attached to an aromatic ring is 1. The van der Waals surface area contributed by atoms with E-state index in [2.05, 4.69) is 10.1 Å². The SMILES string of the molecule is Cc1cnc(C2(O)CC3CC(c4nn(C)c(N)c4C=O)CC3C2)o1. The third-order valence-electron chi connectivity index (χ3n) is 5.72. The molecule has 2 saturated carbocycles. The van der Waals surface area contributed by atoms with Crippen LogP contribution in [0.25, 0.3) is 0 Å². The number of aliphatic hydroxyl groups is 1. The first kappa shape index (κ1) is 15.4. The van der Waals surface area contributed by atoms with Crippen molar-refractivity contribution in [3.63, 3.8) is 0 Å². The third-order valence-corrected chi connectivity index (χ3v) is 5.72. The maximum absolute atomic E-state index is 11.4. The molecular weight excluding hydrogens is 308 g/mol. The molecule has 4 rings (SSSR count). The second kappa shape index (κ2) is 5.17. The molecule has 0 saturated heterocycles. The van der Waals surface area contributed by atoms with Gasteiger partial charge in [0.2, 0.25) is 5.89 Å². The van der Waals surface area contributed by atoms with E-state index in [0.29, 0.717) is 47.7 Å². The van der Waals surface area contributed by atoms with E-state index >= 15 is 0 Å². The van der Waals surface area contributed by atoms with Crippen LogP contribution in [0.15, 0.2) is 10.6 Å². The largest absolute Gasteiger partial charge is 0.443 e. The van der Waals surface area contributed by atoms with Gasteiger partial charge in [-0.15, -0.1) is 0 Å². The van der Waals surface area contributed by atoms with Gasteiger partial charge in [-0.25, -0.2) is 4.98 Å². The first-order valence-corrected chi connectivity index (χ1v) is 8.34. The Hall–Kier alpha value is -2.15. The van der Waals surface area contributed by atoms with Crippen LogP contribution in [0.1, 0.15) is 59.3 Å². The van der Waals surface area contributed by atoms with E-state index in [9.17, 15) is 9.90 Å². The van der Waals surface area contributed by atoms with E-state index in [1.807, 2.05) is 6.92 Å². The average molecular weight is 330 g/mol. The normalized spacial score (nSPS) is 32.2. The lowest BCUT2D eigenvalue weighted by Crippen LogP contribution is -2.23. The molecule has 128 valence electrons. The van der Waals surface area contributed by atoms with Crippen molar-refractivity contribution < 1.29 is 14.3 Å². The number of carbonyl (C=O) groups excluding carboxylic acids is 1. The number of fused-ring (bicyclic) bond motifs is 1. The predicted octanol–water partition coefficient (Wildman–Crippen LogP) is 1.90. The molecule has 2 heterocycles. The van der Waals surface area contributed by atoms with Gasteiger partial charge in [0.1, 0.15) is 17.2 Å². The summed E-state index contributed by atoms with van der Waals surface area (Å²) in [4.78, 5) is 15.6. The molecule has 0 amide bonds. The van der Waals surface area contributed by atoms with E-state index in [0.717, 1.165) is 24.8 Å². The number of anilines is 1. The monoisotopic (exact) mass is 330 g/mol. The fraction of sp³-hybridized carbons (Fsp3) is 0.588. The van der Waals surface area contributed by atoms with Crippen LogP contribution in [-0.4, -0.2) is 26.2 Å². The molecule has 2 atom stereocenters. The number of aromatic nitrogens is 3. The van der Waals surface area contributed by atoms with Gasteiger partial charge in [-0.3, -0.25) is 9.48 Å². The third kappa shape index (κ3) is 2.18. The molecule has 0 spiro atoms. The Bertz CT molecular complexity index is 780. The maximum Gasteiger partial charge on any atom is 0.226 e. The number of carbonyl (C=O) groups is 1. The van der Waals surface area contributed by atoms with Gasteiger partial charge >= 0.3 is 0 Å². The van der Waals surface area contributed by atoms with Gasteiger partial charge in [0.05, 0.1) is 17.5 Å². The summed E-state index contributed by atoms with van der Waals surface area (Å²) in [5.74, 6) is 2.56. The van der Waals surface area contributed by atoms with Crippen LogP contribution in [0, 0.1) is 18.8 Å². The predicted molar refractivity (Wildman–Crippen MR) is 86.3 cm³/mol. The Morgan fingerprint density at radius 1 is 1.42 bits per heavy atom. The molecule has 2 aliphatic rings. The summed E-state index contributed by atoms with van der Waals surface area (Å²) >= 11 is 0. The van der Waals surface area contributed by atoms with Crippen LogP contribution in [-0.2, 0) is 12.6 Å². The molecule has 2 unspecified atom stereocenters. The minimum atomic E-state index is -0.967. The van der Waals surface area contributed by atoms with Crippen LogP contribution < -0.4 is 5.73 Å². The van der Waals surface area contributed by atoms with Gasteiger partial charge in [-0.05, 0) is 44.4 Å². The van der Waals surface area contributed by atoms with Crippen molar-refractivity contribution in [2.24, 2.45) is 18.9 Å². The number of aldehydes is 1. The highest BCUT2D eigenvalue weighted by Crippen LogP contribution is 2.56. The number of hydrogen-bond donors (Lipinski definition) is 2. The van der Waals surface area contributed by atoms with Crippen LogP contribution in [0.3, 0.4) is 0 Å². The number of nitrogens with zero attached hydrogens (tertiary/aromatic N) is 3. The first-order chi connectivity index (χ1) is 11.4. The second-order valence-electron chi connectivity index (χ2n) is 7.33. The molecule has 2 aromatic rings. The fourth-order valence-electron chi connectivity index (χ4n) is 4.63. The number of aryl methyl sites for hydroxylation is 2. The van der Waals surface area contributed by atoms with Crippen LogP contribution in [0.2, 0.25) is 0 Å². The molecule has 2 aliphatic carbocycles. The number of nitrogens with two attached hydrogens (primary N) is 1. The molecule has 2 aromatic heterocycles. The van der Waals surface area contributed by atoms with Crippen molar-refractivity contribution in [2.45, 2.75) is 44.1 Å². The molecule has 0 aliphatic heterocycles. The van der Waals surface area contributed by atoms with Gasteiger partial charge in [0.15, 0.2) is 6.29 Å². The summed E-state index contributed by atoms with van der Waals surface area (Å²) < 4.78 is 7.13. The van der Waals surface area contributed by atoms with E-state index in [4.69, 9.17) is 10.2 Å². The maximum atomic E-state index is 11.4. The molecule has 24 heavy (non-hydrogen) atoms. The first-order valence-electron chi connectivity index (χ1n) is 8.34. The van der Waals surface area contributed by atoms with Crippen molar-refractivity contribution in [1.29, 1.82) is 0 Å². The van der Waals surface area contributed by atoms with E-state index in [1.165, 1.54) is 0 Å². The molecule has 0 bridgehead atoms. The Morgan fingerprint density at radius 3 is 2.62 bits per heavy atom. The Kier molecular flexibility index (Phi) is 3.32. The minimum Gasteiger partial charge on any atom is -0.443 e. The van der Waals surface area contributed by atoms with Crippen LogP contribution in [0.4, 0.5) is 5.82 Å². The quantitative estimate of drug-likeness (QED) is 0.832. The highest BCUT2D eigenvalue weighted by atomic mass is 16.4. The van der Waals surface area contributed by atoms with Crippen molar-refractivity contribution in [3.8, 4) is 0 Å². The van der Waals surface area contributed by atoms with E-state index in [1.54, 1.807) is 17.9 Å². The molecule has 3 N–H and O–H groups in total. The van der Waals surface area contributed by atoms with Gasteiger partial charge in [0, 0.05) is 13.0 Å². The molecule has 7 nitrogen and oxygen atoms in total. The van der Waals surface area contributed by atoms with Gasteiger partial charge in [0.25, 0.3) is 0 Å². The Labute approximate surface area is 139 Å². The summed E-state index contributed by atoms with van der Waals surface area (Å²) in [6.45, 7) is 1.83. The topological polar surface area (TPSA) is 107 Å². The summed E-state index contributed by atoms with van der Waals surface area (Å²) in [7, 11) is 1.76. The van der Waals surface area contributed by atoms with Gasteiger partial charge in [-0.2, -0.15) is 5.10 Å². The summed E-state index contributed by atoms with van der Waals surface area (Å²) in [5, 5.41) is 15.4. The van der Waals surface area contributed by atoms with Crippen LogP contribution >= 0.6 is 0 Å². The molecule has 2 fully saturated rings. The summed E-state index contributed by atoms with van der Waals surface area (Å²) in [5.41, 5.74) is 6.28. The second-order valence-corrected chi connectivity index (χ2v) is 7.33. The average Bonchev–Trinajstić information content (AvgIpc) is 3.24. The molecular formula is C17H22N4O3. The minimum absolute atomic E-state index is 0.222. The number of rotatable bonds is 3. The zero-order valence-corrected chi connectivity index (χ0v) is 13.9. The smallest absolute Gasteiger partial charge is 0.226 e. The lowest BCUT2D eigenvalue weighted by molar-refractivity contribution is 0.00684. The summed E-state index contributed by atoms with van der Waals surface area (Å²) in [6.07, 6.45) is 5.56. The highest BCUT2D eigenvalue weighted by Gasteiger charge is 2.52. The molecule has 0 radical (unpaired) electrons. The Morgan fingerprint density at radius 2 is 2.08 bits per heavy atom. The van der Waals surface area contributed by atoms with Crippen molar-refractivity contribution >= 4 is 12.1 Å². The number of hydrogen-bond acceptors (Lipinski definition) is 6. The van der Waals surface area contributed by atoms with E-state index in [-0.39, 0.29) is 5.92 Å². The zero-order chi connectivity index (χ0) is 17.1. The van der Waals surface area contributed by atoms with Crippen molar-refractivity contribution in [3.05, 3.63) is 29.1 Å². The fourth-order valence-corrected chi connectivity index (χ4v) is 4.63. The number of oxazole rings is 1. The Balaban J connectivity index is 1.54. The molecule has 7 heteroatoms. The lowest BCUT2D eigenvalue weighted by Gasteiger charge is -2.20. The standard InChI is InChI=1S/C17H22N4O3/c1-9-7-19-16(24-9)17(23)5-11-3-10(4-12(11)6-17)14-13(8-22)15(18)21(2)20-14/h7-8,10-12,23H,3-6,18H2,1-2H3. The van der Waals surface area contributed by atoms with Gasteiger partial charge < -0.3 is 15.3 Å². The highest BCUT2D eigenvalue weighted by molar-refractivity contribution is 5.83. The van der Waals surface area contributed by atoms with Crippen LogP contribution in [0.5, 0.6) is 0 Å². The zero-order valence-electron chi connectivity index (χ0n) is 13.9. The summed E-state index contributed by atoms with van der Waals surface area (Å²) in [6, 6.07) is 0. The van der Waals surface area contributed by atoms with Crippen molar-refractivity contribution in [1.82, 2.24) is 14.8 Å². The van der Waals surface area contributed by atoms with Crippen molar-refractivity contribution in [2.75, 3.05) is 5.73 Å². The van der Waals surface area contributed by atoms with E-state index < -0.39 is 5.60 Å². The van der Waals surface area contributed by atoms with Gasteiger partial charge in [-0.1, -0.05) is 0 Å². The lowest BCUT2D eigenvalue weighted by atomic mass is 9.92. The molecule has 0 aromatic carbocycles.